The average Bonchev–Trinajstić information content (AvgIpc) is 3.63. The number of furan rings is 1. The first-order valence-electron chi connectivity index (χ1n) is 13.8. The Bertz CT molecular complexity index is 1790. The van der Waals surface area contributed by atoms with Crippen molar-refractivity contribution in [3.8, 4) is 22.9 Å². The maximum atomic E-state index is 12.7. The lowest BCUT2D eigenvalue weighted by molar-refractivity contribution is 0.0923. The standard InChI is InChI=1S/C34H31BrClN3O5/c1-21-6-5-7-24(16-21)19-43-33-30(41-4)17-25(31(35)32(33)36)18-37-38-34(40)29-15-14-28(44-29)20-42-27-12-10-26(11-13-27)39-22(2)8-9-23(39)3/h5-18H,19-20H2,1-4H3,(H,38,40)/b37-18+. The van der Waals surface area contributed by atoms with Crippen molar-refractivity contribution < 1.29 is 23.4 Å². The van der Waals surface area contributed by atoms with Crippen LogP contribution in [0.1, 0.15) is 44.4 Å². The molecule has 2 aromatic heterocycles. The number of methoxy groups -OCH3 is 1. The number of aromatic nitrogens is 1. The number of nitrogens with one attached hydrogen (secondary N) is 1. The largest absolute Gasteiger partial charge is 0.493 e. The molecule has 2 heterocycles. The monoisotopic (exact) mass is 675 g/mol. The molecule has 1 N–H and O–H groups in total. The van der Waals surface area contributed by atoms with Crippen LogP contribution >= 0.6 is 27.5 Å². The smallest absolute Gasteiger partial charge is 0.307 e. The second kappa shape index (κ2) is 13.9. The average molecular weight is 677 g/mol. The Balaban J connectivity index is 1.17. The zero-order valence-corrected chi connectivity index (χ0v) is 27.0. The van der Waals surface area contributed by atoms with Gasteiger partial charge in [-0.15, -0.1) is 0 Å². The first-order chi connectivity index (χ1) is 21.2. The minimum Gasteiger partial charge on any atom is -0.493 e. The van der Waals surface area contributed by atoms with Crippen LogP contribution in [-0.4, -0.2) is 23.8 Å². The summed E-state index contributed by atoms with van der Waals surface area (Å²) >= 11 is 10.1. The van der Waals surface area contributed by atoms with E-state index in [2.05, 4.69) is 57.0 Å². The highest BCUT2D eigenvalue weighted by Gasteiger charge is 2.18. The second-order valence-electron chi connectivity index (χ2n) is 10.1. The molecule has 5 rings (SSSR count). The van der Waals surface area contributed by atoms with Gasteiger partial charge in [-0.05, 0) is 96.9 Å². The Kier molecular flexibility index (Phi) is 9.77. The van der Waals surface area contributed by atoms with Gasteiger partial charge < -0.3 is 23.2 Å². The summed E-state index contributed by atoms with van der Waals surface area (Å²) in [7, 11) is 1.53. The quantitative estimate of drug-likeness (QED) is 0.112. The number of aryl methyl sites for hydroxylation is 3. The summed E-state index contributed by atoms with van der Waals surface area (Å²) in [5, 5.41) is 4.39. The van der Waals surface area contributed by atoms with E-state index in [0.717, 1.165) is 28.2 Å². The summed E-state index contributed by atoms with van der Waals surface area (Å²) in [6.07, 6.45) is 1.45. The van der Waals surface area contributed by atoms with Gasteiger partial charge in [-0.3, -0.25) is 4.79 Å². The predicted molar refractivity (Wildman–Crippen MR) is 175 cm³/mol. The van der Waals surface area contributed by atoms with Crippen molar-refractivity contribution in [2.45, 2.75) is 34.0 Å². The number of hydrogen-bond donors (Lipinski definition) is 1. The van der Waals surface area contributed by atoms with E-state index in [1.54, 1.807) is 18.2 Å². The second-order valence-corrected chi connectivity index (χ2v) is 11.3. The van der Waals surface area contributed by atoms with Gasteiger partial charge in [0, 0.05) is 27.1 Å². The van der Waals surface area contributed by atoms with E-state index in [-0.39, 0.29) is 12.4 Å². The van der Waals surface area contributed by atoms with Crippen LogP contribution in [0.15, 0.2) is 92.9 Å². The number of halogens is 2. The van der Waals surface area contributed by atoms with Gasteiger partial charge in [0.25, 0.3) is 0 Å². The van der Waals surface area contributed by atoms with Gasteiger partial charge in [0.1, 0.15) is 29.7 Å². The third-order valence-corrected chi connectivity index (χ3v) is 8.29. The molecule has 0 unspecified atom stereocenters. The highest BCUT2D eigenvalue weighted by Crippen LogP contribution is 2.42. The fourth-order valence-electron chi connectivity index (χ4n) is 4.66. The number of rotatable bonds is 11. The van der Waals surface area contributed by atoms with Crippen molar-refractivity contribution in [3.05, 3.63) is 128 Å². The molecule has 3 aromatic carbocycles. The van der Waals surface area contributed by atoms with Crippen LogP contribution in [0.4, 0.5) is 0 Å². The summed E-state index contributed by atoms with van der Waals surface area (Å²) in [4.78, 5) is 12.7. The SMILES string of the molecule is COc1cc(/C=N/NC(=O)c2ccc(COc3ccc(-n4c(C)ccc4C)cc3)o2)c(Br)c(Cl)c1OCc1cccc(C)c1. The predicted octanol–water partition coefficient (Wildman–Crippen LogP) is 8.34. The van der Waals surface area contributed by atoms with E-state index in [4.69, 9.17) is 30.2 Å². The summed E-state index contributed by atoms with van der Waals surface area (Å²) in [5.74, 6) is 1.61. The van der Waals surface area contributed by atoms with E-state index in [1.165, 1.54) is 13.3 Å². The van der Waals surface area contributed by atoms with Gasteiger partial charge in [0.05, 0.1) is 13.3 Å². The maximum absolute atomic E-state index is 12.7. The first kappa shape index (κ1) is 31.0. The van der Waals surface area contributed by atoms with E-state index in [9.17, 15) is 4.79 Å². The third-order valence-electron chi connectivity index (χ3n) is 6.84. The molecule has 0 fully saturated rings. The molecule has 226 valence electrons. The summed E-state index contributed by atoms with van der Waals surface area (Å²) in [6, 6.07) is 25.0. The van der Waals surface area contributed by atoms with E-state index in [0.29, 0.717) is 44.7 Å². The van der Waals surface area contributed by atoms with Crippen LogP contribution in [0.3, 0.4) is 0 Å². The molecule has 0 atom stereocenters. The lowest BCUT2D eigenvalue weighted by Gasteiger charge is -2.15. The molecule has 44 heavy (non-hydrogen) atoms. The molecule has 8 nitrogen and oxygen atoms in total. The number of nitrogens with zero attached hydrogens (tertiary/aromatic N) is 2. The first-order valence-corrected chi connectivity index (χ1v) is 14.9. The Hall–Kier alpha value is -4.47. The zero-order chi connectivity index (χ0) is 31.2. The molecule has 0 saturated heterocycles. The van der Waals surface area contributed by atoms with Crippen LogP contribution in [-0.2, 0) is 13.2 Å². The van der Waals surface area contributed by atoms with Crippen molar-refractivity contribution in [3.63, 3.8) is 0 Å². The molecular weight excluding hydrogens is 646 g/mol. The van der Waals surface area contributed by atoms with Crippen LogP contribution in [0.2, 0.25) is 5.02 Å². The van der Waals surface area contributed by atoms with Crippen molar-refractivity contribution in [1.82, 2.24) is 9.99 Å². The number of amides is 1. The molecule has 0 radical (unpaired) electrons. The summed E-state index contributed by atoms with van der Waals surface area (Å²) < 4.78 is 25.7. The van der Waals surface area contributed by atoms with Crippen molar-refractivity contribution in [2.24, 2.45) is 5.10 Å². The van der Waals surface area contributed by atoms with Gasteiger partial charge in [0.2, 0.25) is 0 Å². The van der Waals surface area contributed by atoms with Crippen LogP contribution in [0.25, 0.3) is 5.69 Å². The highest BCUT2D eigenvalue weighted by atomic mass is 79.9. The Morgan fingerprint density at radius 1 is 0.977 bits per heavy atom. The number of carbonyl (C=O) groups excluding carboxylic acids is 1. The van der Waals surface area contributed by atoms with E-state index in [1.807, 2.05) is 55.5 Å². The highest BCUT2D eigenvalue weighted by molar-refractivity contribution is 9.10. The minimum absolute atomic E-state index is 0.101. The number of hydrazone groups is 1. The van der Waals surface area contributed by atoms with E-state index >= 15 is 0 Å². The minimum atomic E-state index is -0.512. The number of hydrogen-bond acceptors (Lipinski definition) is 6. The van der Waals surface area contributed by atoms with Crippen LogP contribution < -0.4 is 19.6 Å². The van der Waals surface area contributed by atoms with Crippen molar-refractivity contribution in [2.75, 3.05) is 7.11 Å². The van der Waals surface area contributed by atoms with Crippen LogP contribution in [0.5, 0.6) is 17.2 Å². The van der Waals surface area contributed by atoms with E-state index < -0.39 is 5.91 Å². The number of benzene rings is 3. The Morgan fingerprint density at radius 2 is 1.73 bits per heavy atom. The molecule has 0 bridgehead atoms. The molecule has 0 aliphatic carbocycles. The fourth-order valence-corrected chi connectivity index (χ4v) is 5.31. The molecule has 1 amide bonds. The van der Waals surface area contributed by atoms with Gasteiger partial charge in [-0.2, -0.15) is 5.10 Å². The lowest BCUT2D eigenvalue weighted by atomic mass is 10.1. The molecule has 0 saturated carbocycles. The summed E-state index contributed by atoms with van der Waals surface area (Å²) in [5.41, 5.74) is 8.58. The summed E-state index contributed by atoms with van der Waals surface area (Å²) in [6.45, 7) is 6.65. The molecule has 0 aliphatic rings. The molecule has 10 heteroatoms. The number of ether oxygens (including phenoxy) is 3. The van der Waals surface area contributed by atoms with Crippen molar-refractivity contribution >= 4 is 39.7 Å². The molecule has 0 aliphatic heterocycles. The zero-order valence-electron chi connectivity index (χ0n) is 24.7. The van der Waals surface area contributed by atoms with Crippen LogP contribution in [0, 0.1) is 20.8 Å². The molecular formula is C34H31BrClN3O5. The Labute approximate surface area is 269 Å². The molecule has 5 aromatic rings. The van der Waals surface area contributed by atoms with Gasteiger partial charge >= 0.3 is 5.91 Å². The fraction of sp³-hybridized carbons (Fsp3) is 0.176. The van der Waals surface area contributed by atoms with Crippen molar-refractivity contribution in [1.29, 1.82) is 0 Å². The third kappa shape index (κ3) is 7.18. The Morgan fingerprint density at radius 3 is 2.43 bits per heavy atom. The molecule has 0 spiro atoms. The normalized spacial score (nSPS) is 11.1. The van der Waals surface area contributed by atoms with Gasteiger partial charge in [-0.25, -0.2) is 5.43 Å². The number of carbonyl (C=O) groups is 1. The lowest BCUT2D eigenvalue weighted by Crippen LogP contribution is -2.16. The van der Waals surface area contributed by atoms with Gasteiger partial charge in [-0.1, -0.05) is 41.4 Å². The van der Waals surface area contributed by atoms with Gasteiger partial charge in [0.15, 0.2) is 17.3 Å². The maximum Gasteiger partial charge on any atom is 0.307 e. The topological polar surface area (TPSA) is 87.2 Å².